The molecular weight excluding hydrogens is 381 g/mol. The van der Waals surface area contributed by atoms with E-state index in [0.717, 1.165) is 12.8 Å². The van der Waals surface area contributed by atoms with E-state index in [0.29, 0.717) is 11.9 Å². The van der Waals surface area contributed by atoms with Crippen LogP contribution in [0.15, 0.2) is 23.1 Å². The molecule has 24 heavy (non-hydrogen) atoms. The molecule has 7 heteroatoms. The van der Waals surface area contributed by atoms with Gasteiger partial charge in [-0.15, -0.1) is 0 Å². The van der Waals surface area contributed by atoms with Crippen molar-refractivity contribution in [1.82, 2.24) is 4.57 Å². The standard InChI is InChI=1S/C17H17BrFNO4/c1-2-23-17(22)12-9-20(10-3-4-10)15-11(16(12)21)5-6-13(14(15)19)24-8-7-18/h5-6,9-10H,2-4,7-8H2,1H3. The van der Waals surface area contributed by atoms with Crippen LogP contribution in [0.3, 0.4) is 0 Å². The van der Waals surface area contributed by atoms with E-state index >= 15 is 0 Å². The zero-order valence-electron chi connectivity index (χ0n) is 13.2. The van der Waals surface area contributed by atoms with Gasteiger partial charge in [-0.2, -0.15) is 0 Å². The molecule has 1 aliphatic rings. The molecule has 2 aromatic rings. The molecule has 1 heterocycles. The van der Waals surface area contributed by atoms with E-state index < -0.39 is 17.2 Å². The Kier molecular flexibility index (Phi) is 4.89. The number of esters is 1. The highest BCUT2D eigenvalue weighted by Gasteiger charge is 2.29. The Bertz CT molecular complexity index is 845. The van der Waals surface area contributed by atoms with Gasteiger partial charge in [0.2, 0.25) is 5.43 Å². The molecule has 1 saturated carbocycles. The molecular formula is C17H17BrFNO4. The van der Waals surface area contributed by atoms with E-state index in [9.17, 15) is 14.0 Å². The van der Waals surface area contributed by atoms with Crippen molar-refractivity contribution in [3.05, 3.63) is 39.9 Å². The quantitative estimate of drug-likeness (QED) is 0.553. The predicted octanol–water partition coefficient (Wildman–Crippen LogP) is 3.43. The van der Waals surface area contributed by atoms with Gasteiger partial charge in [0.15, 0.2) is 11.6 Å². The Morgan fingerprint density at radius 1 is 1.42 bits per heavy atom. The highest BCUT2D eigenvalue weighted by atomic mass is 79.9. The summed E-state index contributed by atoms with van der Waals surface area (Å²) in [6.45, 7) is 2.16. The Morgan fingerprint density at radius 2 is 2.17 bits per heavy atom. The van der Waals surface area contributed by atoms with Gasteiger partial charge in [0.25, 0.3) is 0 Å². The van der Waals surface area contributed by atoms with Gasteiger partial charge in [-0.25, -0.2) is 9.18 Å². The fourth-order valence-corrected chi connectivity index (χ4v) is 2.81. The number of aromatic nitrogens is 1. The van der Waals surface area contributed by atoms with Crippen LogP contribution < -0.4 is 10.2 Å². The topological polar surface area (TPSA) is 57.5 Å². The minimum absolute atomic E-state index is 0.0650. The molecule has 0 spiro atoms. The molecule has 3 rings (SSSR count). The van der Waals surface area contributed by atoms with Crippen molar-refractivity contribution < 1.29 is 18.7 Å². The smallest absolute Gasteiger partial charge is 0.343 e. The maximum atomic E-state index is 14.9. The van der Waals surface area contributed by atoms with E-state index in [-0.39, 0.29) is 34.9 Å². The van der Waals surface area contributed by atoms with Gasteiger partial charge in [-0.05, 0) is 31.9 Å². The summed E-state index contributed by atoms with van der Waals surface area (Å²) in [5, 5.41) is 0.734. The second kappa shape index (κ2) is 6.93. The summed E-state index contributed by atoms with van der Waals surface area (Å²) in [6, 6.07) is 3.02. The minimum Gasteiger partial charge on any atom is -0.490 e. The van der Waals surface area contributed by atoms with Crippen molar-refractivity contribution >= 4 is 32.8 Å². The molecule has 0 amide bonds. The van der Waals surface area contributed by atoms with E-state index in [1.165, 1.54) is 18.3 Å². The van der Waals surface area contributed by atoms with Crippen LogP contribution in [-0.2, 0) is 4.74 Å². The van der Waals surface area contributed by atoms with Gasteiger partial charge in [-0.3, -0.25) is 4.79 Å². The third-order valence-electron chi connectivity index (χ3n) is 3.87. The number of halogens is 2. The summed E-state index contributed by atoms with van der Waals surface area (Å²) in [5.74, 6) is -1.16. The molecule has 0 N–H and O–H groups in total. The number of hydrogen-bond acceptors (Lipinski definition) is 4. The van der Waals surface area contributed by atoms with Gasteiger partial charge in [0.05, 0.1) is 18.7 Å². The molecule has 128 valence electrons. The molecule has 0 saturated heterocycles. The largest absolute Gasteiger partial charge is 0.490 e. The number of pyridine rings is 1. The molecule has 5 nitrogen and oxygen atoms in total. The van der Waals surface area contributed by atoms with Crippen LogP contribution in [0.2, 0.25) is 0 Å². The Hall–Kier alpha value is -1.89. The summed E-state index contributed by atoms with van der Waals surface area (Å²) in [4.78, 5) is 24.6. The lowest BCUT2D eigenvalue weighted by atomic mass is 10.1. The number of carbonyl (C=O) groups excluding carboxylic acids is 1. The molecule has 1 aliphatic carbocycles. The van der Waals surface area contributed by atoms with E-state index in [1.807, 2.05) is 0 Å². The maximum Gasteiger partial charge on any atom is 0.343 e. The molecule has 0 aliphatic heterocycles. The first kappa shape index (κ1) is 17.0. The normalized spacial score (nSPS) is 14.0. The fourth-order valence-electron chi connectivity index (χ4n) is 2.64. The minimum atomic E-state index is -0.682. The van der Waals surface area contributed by atoms with E-state index in [1.54, 1.807) is 11.5 Å². The lowest BCUT2D eigenvalue weighted by Crippen LogP contribution is -2.21. The summed E-state index contributed by atoms with van der Waals surface area (Å²) in [5.41, 5.74) is -0.404. The number of fused-ring (bicyclic) bond motifs is 1. The van der Waals surface area contributed by atoms with Gasteiger partial charge in [0, 0.05) is 23.0 Å². The fraction of sp³-hybridized carbons (Fsp3) is 0.412. The number of alkyl halides is 1. The third kappa shape index (κ3) is 3.05. The molecule has 1 aromatic carbocycles. The van der Waals surface area contributed by atoms with Crippen LogP contribution >= 0.6 is 15.9 Å². The Morgan fingerprint density at radius 3 is 2.79 bits per heavy atom. The number of benzene rings is 1. The van der Waals surface area contributed by atoms with Gasteiger partial charge in [-0.1, -0.05) is 15.9 Å². The van der Waals surface area contributed by atoms with Crippen LogP contribution in [0.5, 0.6) is 5.75 Å². The van der Waals surface area contributed by atoms with Crippen LogP contribution in [-0.4, -0.2) is 29.1 Å². The SMILES string of the molecule is CCOC(=O)c1cn(C2CC2)c2c(F)c(OCCBr)ccc2c1=O. The lowest BCUT2D eigenvalue weighted by Gasteiger charge is -2.15. The van der Waals surface area contributed by atoms with Crippen LogP contribution in [0.4, 0.5) is 4.39 Å². The number of nitrogens with zero attached hydrogens (tertiary/aromatic N) is 1. The average molecular weight is 398 g/mol. The zero-order valence-corrected chi connectivity index (χ0v) is 14.8. The number of rotatable bonds is 6. The average Bonchev–Trinajstić information content (AvgIpc) is 3.40. The monoisotopic (exact) mass is 397 g/mol. The molecule has 0 bridgehead atoms. The van der Waals surface area contributed by atoms with Crippen molar-refractivity contribution in [3.8, 4) is 5.75 Å². The van der Waals surface area contributed by atoms with Gasteiger partial charge in [0.1, 0.15) is 5.56 Å². The maximum absolute atomic E-state index is 14.9. The van der Waals surface area contributed by atoms with Crippen molar-refractivity contribution in [2.24, 2.45) is 0 Å². The van der Waals surface area contributed by atoms with Crippen LogP contribution in [0, 0.1) is 5.82 Å². The molecule has 1 aromatic heterocycles. The lowest BCUT2D eigenvalue weighted by molar-refractivity contribution is 0.0524. The molecule has 0 unspecified atom stereocenters. The Balaban J connectivity index is 2.22. The zero-order chi connectivity index (χ0) is 17.3. The second-order valence-corrected chi connectivity index (χ2v) is 6.34. The predicted molar refractivity (Wildman–Crippen MR) is 91.7 cm³/mol. The summed E-state index contributed by atoms with van der Waals surface area (Å²) < 4.78 is 26.9. The summed E-state index contributed by atoms with van der Waals surface area (Å²) in [6.07, 6.45) is 3.18. The van der Waals surface area contributed by atoms with E-state index in [4.69, 9.17) is 9.47 Å². The number of carbonyl (C=O) groups is 1. The molecule has 0 atom stereocenters. The Labute approximate surface area is 146 Å². The van der Waals surface area contributed by atoms with Crippen LogP contribution in [0.25, 0.3) is 10.9 Å². The molecule has 0 radical (unpaired) electrons. The van der Waals surface area contributed by atoms with E-state index in [2.05, 4.69) is 15.9 Å². The van der Waals surface area contributed by atoms with Crippen molar-refractivity contribution in [2.45, 2.75) is 25.8 Å². The highest BCUT2D eigenvalue weighted by molar-refractivity contribution is 9.09. The summed E-state index contributed by atoms with van der Waals surface area (Å²) in [7, 11) is 0. The van der Waals surface area contributed by atoms with Crippen molar-refractivity contribution in [3.63, 3.8) is 0 Å². The number of ether oxygens (including phenoxy) is 2. The van der Waals surface area contributed by atoms with Crippen LogP contribution in [0.1, 0.15) is 36.2 Å². The van der Waals surface area contributed by atoms with Crippen molar-refractivity contribution in [2.75, 3.05) is 18.5 Å². The second-order valence-electron chi connectivity index (χ2n) is 5.54. The first-order valence-electron chi connectivity index (χ1n) is 7.81. The van der Waals surface area contributed by atoms with Gasteiger partial charge < -0.3 is 14.0 Å². The third-order valence-corrected chi connectivity index (χ3v) is 4.19. The van der Waals surface area contributed by atoms with Gasteiger partial charge >= 0.3 is 5.97 Å². The first-order valence-corrected chi connectivity index (χ1v) is 8.93. The van der Waals surface area contributed by atoms with Crippen molar-refractivity contribution in [1.29, 1.82) is 0 Å². The molecule has 1 fully saturated rings. The number of hydrogen-bond donors (Lipinski definition) is 0. The summed E-state index contributed by atoms with van der Waals surface area (Å²) >= 11 is 3.23. The highest BCUT2D eigenvalue weighted by Crippen LogP contribution is 2.38. The first-order chi connectivity index (χ1) is 11.6.